The molecule has 1 aromatic carbocycles. The van der Waals surface area contributed by atoms with Gasteiger partial charge in [-0.25, -0.2) is 4.98 Å². The third kappa shape index (κ3) is 3.94. The van der Waals surface area contributed by atoms with Gasteiger partial charge < -0.3 is 4.90 Å². The van der Waals surface area contributed by atoms with E-state index in [0.29, 0.717) is 28.5 Å². The number of benzene rings is 1. The number of nitrogens with zero attached hydrogens (tertiary/aromatic N) is 3. The summed E-state index contributed by atoms with van der Waals surface area (Å²) in [6.45, 7) is 9.30. The zero-order chi connectivity index (χ0) is 19.6. The van der Waals surface area contributed by atoms with Crippen LogP contribution in [0.15, 0.2) is 39.6 Å². The van der Waals surface area contributed by atoms with Crippen LogP contribution in [0.1, 0.15) is 25.0 Å². The van der Waals surface area contributed by atoms with Crippen molar-refractivity contribution in [2.24, 2.45) is 0 Å². The lowest BCUT2D eigenvalue weighted by molar-refractivity contribution is -0.127. The van der Waals surface area contributed by atoms with Crippen molar-refractivity contribution in [1.82, 2.24) is 14.5 Å². The van der Waals surface area contributed by atoms with Gasteiger partial charge in [0.2, 0.25) is 5.91 Å². The summed E-state index contributed by atoms with van der Waals surface area (Å²) >= 11 is 2.72. The van der Waals surface area contributed by atoms with E-state index in [4.69, 9.17) is 0 Å². The second-order valence-corrected chi connectivity index (χ2v) is 8.17. The van der Waals surface area contributed by atoms with Crippen LogP contribution in [0.2, 0.25) is 0 Å². The first-order chi connectivity index (χ1) is 13.0. The Labute approximate surface area is 167 Å². The van der Waals surface area contributed by atoms with Crippen molar-refractivity contribution in [3.8, 4) is 5.69 Å². The van der Waals surface area contributed by atoms with Gasteiger partial charge in [-0.15, -0.1) is 11.3 Å². The predicted octanol–water partition coefficient (Wildman–Crippen LogP) is 4.02. The van der Waals surface area contributed by atoms with E-state index >= 15 is 0 Å². The summed E-state index contributed by atoms with van der Waals surface area (Å²) in [5.74, 6) is 0.311. The van der Waals surface area contributed by atoms with E-state index in [1.807, 2.05) is 51.3 Å². The zero-order valence-corrected chi connectivity index (χ0v) is 17.6. The van der Waals surface area contributed by atoms with Crippen molar-refractivity contribution < 1.29 is 4.79 Å². The normalized spacial score (nSPS) is 11.1. The van der Waals surface area contributed by atoms with Crippen molar-refractivity contribution in [2.75, 3.05) is 18.8 Å². The number of aromatic nitrogens is 2. The fraction of sp³-hybridized carbons (Fsp3) is 0.350. The van der Waals surface area contributed by atoms with Crippen LogP contribution in [0.4, 0.5) is 0 Å². The third-order valence-electron chi connectivity index (χ3n) is 4.48. The molecule has 0 fully saturated rings. The zero-order valence-electron chi connectivity index (χ0n) is 16.0. The number of fused-ring (bicyclic) bond motifs is 1. The molecule has 0 saturated carbocycles. The maximum Gasteiger partial charge on any atom is 0.276 e. The molecule has 0 saturated heterocycles. The standard InChI is InChI=1S/C20H23N3O2S2/c1-5-22(6-2)17(24)12-27-20-21-15-9-10-26-18(15)19(25)23(20)16-8-7-13(3)11-14(16)4/h7-11H,5-6,12H2,1-4H3. The number of rotatable bonds is 6. The minimum atomic E-state index is -0.0836. The fourth-order valence-corrected chi connectivity index (χ4v) is 4.72. The highest BCUT2D eigenvalue weighted by Gasteiger charge is 2.18. The average Bonchev–Trinajstić information content (AvgIpc) is 3.11. The summed E-state index contributed by atoms with van der Waals surface area (Å²) in [5, 5.41) is 2.43. The lowest BCUT2D eigenvalue weighted by Crippen LogP contribution is -2.32. The Bertz CT molecular complexity index is 1040. The summed E-state index contributed by atoms with van der Waals surface area (Å²) < 4.78 is 2.28. The van der Waals surface area contributed by atoms with Crippen LogP contribution in [0.3, 0.4) is 0 Å². The molecular formula is C20H23N3O2S2. The van der Waals surface area contributed by atoms with Crippen molar-refractivity contribution in [1.29, 1.82) is 0 Å². The molecular weight excluding hydrogens is 378 g/mol. The van der Waals surface area contributed by atoms with Gasteiger partial charge in [-0.05, 0) is 50.8 Å². The highest BCUT2D eigenvalue weighted by molar-refractivity contribution is 7.99. The molecule has 0 radical (unpaired) electrons. The van der Waals surface area contributed by atoms with Gasteiger partial charge in [0.15, 0.2) is 5.16 Å². The molecule has 5 nitrogen and oxygen atoms in total. The molecule has 1 amide bonds. The Balaban J connectivity index is 2.08. The first kappa shape index (κ1) is 19.6. The molecule has 0 N–H and O–H groups in total. The number of carbonyl (C=O) groups excluding carboxylic acids is 1. The Morgan fingerprint density at radius 2 is 1.96 bits per heavy atom. The van der Waals surface area contributed by atoms with Crippen LogP contribution in [0.5, 0.6) is 0 Å². The minimum absolute atomic E-state index is 0.0526. The Kier molecular flexibility index (Phi) is 6.01. The molecule has 0 aliphatic heterocycles. The van der Waals surface area contributed by atoms with Crippen LogP contribution in [-0.2, 0) is 4.79 Å². The number of hydrogen-bond acceptors (Lipinski definition) is 5. The maximum absolute atomic E-state index is 13.2. The van der Waals surface area contributed by atoms with Crippen molar-refractivity contribution in [2.45, 2.75) is 32.9 Å². The van der Waals surface area contributed by atoms with Gasteiger partial charge in [-0.1, -0.05) is 29.5 Å². The van der Waals surface area contributed by atoms with Gasteiger partial charge in [0, 0.05) is 13.1 Å². The van der Waals surface area contributed by atoms with Crippen LogP contribution in [0, 0.1) is 13.8 Å². The molecule has 0 aliphatic carbocycles. The molecule has 2 aromatic heterocycles. The number of thiophene rings is 1. The lowest BCUT2D eigenvalue weighted by Gasteiger charge is -2.19. The fourth-order valence-electron chi connectivity index (χ4n) is 3.05. The summed E-state index contributed by atoms with van der Waals surface area (Å²) in [7, 11) is 0. The molecule has 27 heavy (non-hydrogen) atoms. The van der Waals surface area contributed by atoms with Crippen molar-refractivity contribution in [3.05, 3.63) is 51.1 Å². The minimum Gasteiger partial charge on any atom is -0.343 e. The molecule has 142 valence electrons. The predicted molar refractivity (Wildman–Crippen MR) is 113 cm³/mol. The van der Waals surface area contributed by atoms with Gasteiger partial charge in [0.1, 0.15) is 4.70 Å². The topological polar surface area (TPSA) is 55.2 Å². The van der Waals surface area contributed by atoms with E-state index in [0.717, 1.165) is 16.8 Å². The Morgan fingerprint density at radius 1 is 1.22 bits per heavy atom. The van der Waals surface area contributed by atoms with Crippen LogP contribution in [0.25, 0.3) is 15.9 Å². The summed E-state index contributed by atoms with van der Waals surface area (Å²) in [6.07, 6.45) is 0. The van der Waals surface area contributed by atoms with Gasteiger partial charge >= 0.3 is 0 Å². The Hall–Kier alpha value is -2.12. The third-order valence-corrected chi connectivity index (χ3v) is 6.30. The van der Waals surface area contributed by atoms with Gasteiger partial charge in [-0.2, -0.15) is 0 Å². The Morgan fingerprint density at radius 3 is 2.63 bits per heavy atom. The number of aryl methyl sites for hydroxylation is 2. The quantitative estimate of drug-likeness (QED) is 0.462. The van der Waals surface area contributed by atoms with Crippen LogP contribution >= 0.6 is 23.1 Å². The number of carbonyl (C=O) groups is 1. The van der Waals surface area contributed by atoms with E-state index < -0.39 is 0 Å². The van der Waals surface area contributed by atoms with Gasteiger partial charge in [0.25, 0.3) is 5.56 Å². The largest absolute Gasteiger partial charge is 0.343 e. The number of amides is 1. The first-order valence-electron chi connectivity index (χ1n) is 8.94. The molecule has 7 heteroatoms. The van der Waals surface area contributed by atoms with Gasteiger partial charge in [0.05, 0.1) is 17.0 Å². The molecule has 0 bridgehead atoms. The summed E-state index contributed by atoms with van der Waals surface area (Å²) in [6, 6.07) is 7.84. The smallest absolute Gasteiger partial charge is 0.276 e. The molecule has 3 rings (SSSR count). The summed E-state index contributed by atoms with van der Waals surface area (Å²) in [5.41, 5.74) is 3.56. The monoisotopic (exact) mass is 401 g/mol. The maximum atomic E-state index is 13.2. The second kappa shape index (κ2) is 8.27. The van der Waals surface area contributed by atoms with Crippen LogP contribution < -0.4 is 5.56 Å². The summed E-state index contributed by atoms with van der Waals surface area (Å²) in [4.78, 5) is 32.1. The second-order valence-electron chi connectivity index (χ2n) is 6.31. The van der Waals surface area contributed by atoms with Crippen molar-refractivity contribution >= 4 is 39.2 Å². The SMILES string of the molecule is CCN(CC)C(=O)CSc1nc2ccsc2c(=O)n1-c1ccc(C)cc1C. The number of hydrogen-bond donors (Lipinski definition) is 0. The highest BCUT2D eigenvalue weighted by Crippen LogP contribution is 2.25. The van der Waals surface area contributed by atoms with E-state index in [1.165, 1.54) is 23.1 Å². The lowest BCUT2D eigenvalue weighted by atomic mass is 10.1. The highest BCUT2D eigenvalue weighted by atomic mass is 32.2. The number of thioether (sulfide) groups is 1. The molecule has 0 unspecified atom stereocenters. The first-order valence-corrected chi connectivity index (χ1v) is 10.8. The van der Waals surface area contributed by atoms with Gasteiger partial charge in [-0.3, -0.25) is 14.2 Å². The van der Waals surface area contributed by atoms with Crippen LogP contribution in [-0.4, -0.2) is 39.2 Å². The molecule has 3 aromatic rings. The average molecular weight is 402 g/mol. The molecule has 0 spiro atoms. The van der Waals surface area contributed by atoms with E-state index in [9.17, 15) is 9.59 Å². The van der Waals surface area contributed by atoms with E-state index in [1.54, 1.807) is 9.47 Å². The van der Waals surface area contributed by atoms with E-state index in [2.05, 4.69) is 11.1 Å². The molecule has 0 atom stereocenters. The van der Waals surface area contributed by atoms with E-state index in [-0.39, 0.29) is 17.2 Å². The van der Waals surface area contributed by atoms with Crippen molar-refractivity contribution in [3.63, 3.8) is 0 Å². The molecule has 0 aliphatic rings. The molecule has 2 heterocycles.